The van der Waals surface area contributed by atoms with Crippen molar-refractivity contribution in [1.29, 1.82) is 10.5 Å². The molecule has 0 aliphatic heterocycles. The fourth-order valence-corrected chi connectivity index (χ4v) is 2.51. The first kappa shape index (κ1) is 22.1. The number of nitrogens with zero attached hydrogens (tertiary/aromatic N) is 2. The molecule has 0 heterocycles. The zero-order valence-corrected chi connectivity index (χ0v) is 16.8. The summed E-state index contributed by atoms with van der Waals surface area (Å²) in [5.74, 6) is 0.668. The standard InChI is InChI=1S/C23H20N2O5/c1-4-29-19-9-8-17(14-21(19)27-2)12-18(15-25)23(26)30-20-10-7-16(6-5-11-24)13-22(20)28-3/h5-10,12-14H,4H2,1-3H3/b6-5-,18-12+. The summed E-state index contributed by atoms with van der Waals surface area (Å²) in [6.07, 6.45) is 4.31. The molecular formula is C23H20N2O5. The third-order valence-electron chi connectivity index (χ3n) is 3.88. The molecule has 2 rings (SSSR count). The molecule has 0 bridgehead atoms. The number of rotatable bonds is 8. The van der Waals surface area contributed by atoms with Gasteiger partial charge in [-0.2, -0.15) is 10.5 Å². The van der Waals surface area contributed by atoms with Crippen molar-refractivity contribution in [3.8, 4) is 35.1 Å². The highest BCUT2D eigenvalue weighted by atomic mass is 16.6. The lowest BCUT2D eigenvalue weighted by Crippen LogP contribution is -2.11. The lowest BCUT2D eigenvalue weighted by Gasteiger charge is -2.11. The minimum Gasteiger partial charge on any atom is -0.493 e. The molecule has 30 heavy (non-hydrogen) atoms. The van der Waals surface area contributed by atoms with Gasteiger partial charge in [0.15, 0.2) is 23.0 Å². The number of hydrogen-bond donors (Lipinski definition) is 0. The van der Waals surface area contributed by atoms with Crippen molar-refractivity contribution in [1.82, 2.24) is 0 Å². The topological polar surface area (TPSA) is 102 Å². The number of ether oxygens (including phenoxy) is 4. The molecule has 2 aromatic carbocycles. The third kappa shape index (κ3) is 5.63. The Balaban J connectivity index is 2.28. The van der Waals surface area contributed by atoms with Crippen molar-refractivity contribution in [2.45, 2.75) is 6.92 Å². The zero-order valence-electron chi connectivity index (χ0n) is 16.8. The van der Waals surface area contributed by atoms with Gasteiger partial charge >= 0.3 is 5.97 Å². The van der Waals surface area contributed by atoms with E-state index in [0.29, 0.717) is 35.0 Å². The third-order valence-corrected chi connectivity index (χ3v) is 3.88. The van der Waals surface area contributed by atoms with Crippen molar-refractivity contribution in [3.05, 3.63) is 59.2 Å². The smallest absolute Gasteiger partial charge is 0.354 e. The minimum atomic E-state index is -0.830. The first-order chi connectivity index (χ1) is 14.6. The average Bonchev–Trinajstić information content (AvgIpc) is 2.77. The van der Waals surface area contributed by atoms with Gasteiger partial charge in [0.2, 0.25) is 0 Å². The Labute approximate surface area is 175 Å². The van der Waals surface area contributed by atoms with Crippen LogP contribution in [0.25, 0.3) is 12.2 Å². The second-order valence-corrected chi connectivity index (χ2v) is 5.78. The summed E-state index contributed by atoms with van der Waals surface area (Å²) in [5, 5.41) is 18.0. The van der Waals surface area contributed by atoms with E-state index in [4.69, 9.17) is 24.2 Å². The predicted octanol–water partition coefficient (Wildman–Crippen LogP) is 4.15. The van der Waals surface area contributed by atoms with Gasteiger partial charge in [-0.15, -0.1) is 0 Å². The molecule has 152 valence electrons. The molecule has 0 fully saturated rings. The highest BCUT2D eigenvalue weighted by molar-refractivity contribution is 5.99. The van der Waals surface area contributed by atoms with E-state index in [9.17, 15) is 10.1 Å². The van der Waals surface area contributed by atoms with E-state index in [2.05, 4.69) is 0 Å². The Morgan fingerprint density at radius 2 is 1.60 bits per heavy atom. The highest BCUT2D eigenvalue weighted by Crippen LogP contribution is 2.31. The molecule has 0 saturated carbocycles. The fraction of sp³-hybridized carbons (Fsp3) is 0.174. The van der Waals surface area contributed by atoms with E-state index < -0.39 is 5.97 Å². The first-order valence-corrected chi connectivity index (χ1v) is 8.95. The summed E-state index contributed by atoms with van der Waals surface area (Å²) in [7, 11) is 2.93. The maximum atomic E-state index is 12.5. The molecule has 0 spiro atoms. The van der Waals surface area contributed by atoms with E-state index in [1.54, 1.807) is 36.4 Å². The maximum Gasteiger partial charge on any atom is 0.354 e. The van der Waals surface area contributed by atoms with Gasteiger partial charge in [-0.25, -0.2) is 4.79 Å². The van der Waals surface area contributed by atoms with E-state index in [0.717, 1.165) is 0 Å². The lowest BCUT2D eigenvalue weighted by molar-refractivity contribution is -0.129. The fourth-order valence-electron chi connectivity index (χ4n) is 2.51. The van der Waals surface area contributed by atoms with Crippen LogP contribution in [0.3, 0.4) is 0 Å². The lowest BCUT2D eigenvalue weighted by atomic mass is 10.1. The summed E-state index contributed by atoms with van der Waals surface area (Å²) in [6.45, 7) is 2.34. The van der Waals surface area contributed by atoms with E-state index in [1.807, 2.05) is 19.1 Å². The molecule has 0 aliphatic carbocycles. The van der Waals surface area contributed by atoms with Crippen LogP contribution < -0.4 is 18.9 Å². The van der Waals surface area contributed by atoms with E-state index in [1.165, 1.54) is 32.4 Å². The number of esters is 1. The number of nitriles is 2. The predicted molar refractivity (Wildman–Crippen MR) is 111 cm³/mol. The highest BCUT2D eigenvalue weighted by Gasteiger charge is 2.16. The first-order valence-electron chi connectivity index (χ1n) is 8.95. The molecule has 7 nitrogen and oxygen atoms in total. The van der Waals surface area contributed by atoms with Crippen LogP contribution in [0.2, 0.25) is 0 Å². The van der Waals surface area contributed by atoms with Gasteiger partial charge in [-0.1, -0.05) is 12.1 Å². The van der Waals surface area contributed by atoms with E-state index in [-0.39, 0.29) is 11.3 Å². The normalized spacial score (nSPS) is 10.8. The summed E-state index contributed by atoms with van der Waals surface area (Å²) < 4.78 is 21.3. The van der Waals surface area contributed by atoms with Crippen LogP contribution in [-0.4, -0.2) is 26.8 Å². The molecule has 0 unspecified atom stereocenters. The van der Waals surface area contributed by atoms with Crippen molar-refractivity contribution < 1.29 is 23.7 Å². The van der Waals surface area contributed by atoms with Gasteiger partial charge in [0, 0.05) is 6.08 Å². The molecule has 2 aromatic rings. The van der Waals surface area contributed by atoms with Crippen molar-refractivity contribution in [2.75, 3.05) is 20.8 Å². The summed E-state index contributed by atoms with van der Waals surface area (Å²) >= 11 is 0. The van der Waals surface area contributed by atoms with Crippen LogP contribution in [0.4, 0.5) is 0 Å². The van der Waals surface area contributed by atoms with Gasteiger partial charge in [0.25, 0.3) is 0 Å². The van der Waals surface area contributed by atoms with Gasteiger partial charge in [0.05, 0.1) is 26.9 Å². The molecule has 7 heteroatoms. The zero-order chi connectivity index (χ0) is 21.9. The van der Waals surface area contributed by atoms with Crippen LogP contribution in [0, 0.1) is 22.7 Å². The molecule has 0 N–H and O–H groups in total. The van der Waals surface area contributed by atoms with E-state index >= 15 is 0 Å². The Kier molecular flexibility index (Phi) is 8.04. The Morgan fingerprint density at radius 1 is 0.967 bits per heavy atom. The van der Waals surface area contributed by atoms with Gasteiger partial charge in [-0.3, -0.25) is 0 Å². The second kappa shape index (κ2) is 10.9. The van der Waals surface area contributed by atoms with Gasteiger partial charge in [0.1, 0.15) is 11.6 Å². The molecular weight excluding hydrogens is 384 g/mol. The number of benzene rings is 2. The summed E-state index contributed by atoms with van der Waals surface area (Å²) in [5.41, 5.74) is 1.08. The molecule has 0 saturated heterocycles. The Hall–Kier alpha value is -4.23. The molecule has 0 atom stereocenters. The number of hydrogen-bond acceptors (Lipinski definition) is 7. The number of methoxy groups -OCH3 is 2. The maximum absolute atomic E-state index is 12.5. The molecule has 0 aliphatic rings. The molecule has 0 amide bonds. The Morgan fingerprint density at radius 3 is 2.23 bits per heavy atom. The molecule has 0 aromatic heterocycles. The molecule has 0 radical (unpaired) electrons. The van der Waals surface area contributed by atoms with Crippen LogP contribution in [0.15, 0.2) is 48.0 Å². The SMILES string of the molecule is CCOc1ccc(/C=C(\C#N)C(=O)Oc2ccc(/C=C\C#N)cc2OC)cc1OC. The largest absolute Gasteiger partial charge is 0.493 e. The van der Waals surface area contributed by atoms with Gasteiger partial charge < -0.3 is 18.9 Å². The summed E-state index contributed by atoms with van der Waals surface area (Å²) in [4.78, 5) is 12.5. The second-order valence-electron chi connectivity index (χ2n) is 5.78. The van der Waals surface area contributed by atoms with Crippen LogP contribution in [0.1, 0.15) is 18.1 Å². The van der Waals surface area contributed by atoms with Crippen molar-refractivity contribution in [3.63, 3.8) is 0 Å². The minimum absolute atomic E-state index is 0.155. The van der Waals surface area contributed by atoms with Crippen LogP contribution >= 0.6 is 0 Å². The van der Waals surface area contributed by atoms with Crippen LogP contribution in [0.5, 0.6) is 23.0 Å². The van der Waals surface area contributed by atoms with Gasteiger partial charge in [-0.05, 0) is 54.5 Å². The van der Waals surface area contributed by atoms with Crippen molar-refractivity contribution in [2.24, 2.45) is 0 Å². The number of allylic oxidation sites excluding steroid dienone is 1. The van der Waals surface area contributed by atoms with Crippen molar-refractivity contribution >= 4 is 18.1 Å². The number of carbonyl (C=O) groups is 1. The number of carbonyl (C=O) groups excluding carboxylic acids is 1. The summed E-state index contributed by atoms with van der Waals surface area (Å²) in [6, 6.07) is 13.6. The van der Waals surface area contributed by atoms with Crippen LogP contribution in [-0.2, 0) is 4.79 Å². The average molecular weight is 404 g/mol. The quantitative estimate of drug-likeness (QED) is 0.282. The monoisotopic (exact) mass is 404 g/mol. The Bertz CT molecular complexity index is 1060.